The Kier molecular flexibility index (Phi) is 3.75. The lowest BCUT2D eigenvalue weighted by atomic mass is 9.90. The van der Waals surface area contributed by atoms with E-state index in [0.29, 0.717) is 18.5 Å². The van der Waals surface area contributed by atoms with Gasteiger partial charge in [-0.05, 0) is 31.0 Å². The van der Waals surface area contributed by atoms with E-state index >= 15 is 0 Å². The summed E-state index contributed by atoms with van der Waals surface area (Å²) >= 11 is 0. The van der Waals surface area contributed by atoms with E-state index < -0.39 is 10.0 Å². The molecule has 7 heteroatoms. The second-order valence-corrected chi connectivity index (χ2v) is 6.20. The number of nitrogens with zero attached hydrogens (tertiary/aromatic N) is 1. The van der Waals surface area contributed by atoms with Crippen LogP contribution in [0.5, 0.6) is 0 Å². The van der Waals surface area contributed by atoms with Crippen LogP contribution in [-0.4, -0.2) is 27.7 Å². The molecule has 1 aliphatic rings. The van der Waals surface area contributed by atoms with Crippen LogP contribution >= 0.6 is 0 Å². The zero-order chi connectivity index (χ0) is 14.0. The molecule has 0 heterocycles. The molecular formula is C12H15N3O3S. The Hall–Kier alpha value is -1.62. The van der Waals surface area contributed by atoms with Gasteiger partial charge in [-0.15, -0.1) is 0 Å². The van der Waals surface area contributed by atoms with E-state index in [4.69, 9.17) is 15.7 Å². The van der Waals surface area contributed by atoms with Gasteiger partial charge in [0.05, 0.1) is 16.6 Å². The fourth-order valence-electron chi connectivity index (χ4n) is 2.01. The average Bonchev–Trinajstić information content (AvgIpc) is 2.32. The number of ether oxygens (including phenoxy) is 1. The van der Waals surface area contributed by atoms with Crippen LogP contribution in [0.1, 0.15) is 18.4 Å². The minimum absolute atomic E-state index is 0.0370. The lowest BCUT2D eigenvalue weighted by Crippen LogP contribution is -2.47. The summed E-state index contributed by atoms with van der Waals surface area (Å²) in [5.74, 6) is 0. The van der Waals surface area contributed by atoms with E-state index in [1.54, 1.807) is 7.11 Å². The molecule has 19 heavy (non-hydrogen) atoms. The van der Waals surface area contributed by atoms with Crippen LogP contribution < -0.4 is 10.5 Å². The van der Waals surface area contributed by atoms with E-state index in [0.717, 1.165) is 0 Å². The Balaban J connectivity index is 2.19. The van der Waals surface area contributed by atoms with Crippen molar-refractivity contribution in [1.82, 2.24) is 4.72 Å². The highest BCUT2D eigenvalue weighted by Gasteiger charge is 2.33. The van der Waals surface area contributed by atoms with Crippen LogP contribution in [0.2, 0.25) is 0 Å². The molecule has 0 aromatic heterocycles. The molecule has 1 aromatic carbocycles. The molecule has 1 saturated carbocycles. The van der Waals surface area contributed by atoms with Crippen LogP contribution in [0.3, 0.4) is 0 Å². The highest BCUT2D eigenvalue weighted by atomic mass is 32.2. The lowest BCUT2D eigenvalue weighted by Gasteiger charge is -2.34. The first-order valence-corrected chi connectivity index (χ1v) is 7.29. The summed E-state index contributed by atoms with van der Waals surface area (Å²) in [5, 5.41) is 8.97. The van der Waals surface area contributed by atoms with Crippen molar-refractivity contribution in [3.05, 3.63) is 23.8 Å². The number of sulfonamides is 1. The molecule has 0 bridgehead atoms. The van der Waals surface area contributed by atoms with Crippen LogP contribution in [-0.2, 0) is 14.8 Å². The molecule has 102 valence electrons. The van der Waals surface area contributed by atoms with Crippen LogP contribution in [0.25, 0.3) is 0 Å². The summed E-state index contributed by atoms with van der Waals surface area (Å²) in [6.07, 6.45) is 1.40. The molecule has 2 rings (SSSR count). The Labute approximate surface area is 112 Å². The van der Waals surface area contributed by atoms with Crippen molar-refractivity contribution in [1.29, 1.82) is 5.26 Å². The molecule has 0 atom stereocenters. The van der Waals surface area contributed by atoms with Gasteiger partial charge in [0.2, 0.25) is 10.0 Å². The first kappa shape index (κ1) is 13.8. The van der Waals surface area contributed by atoms with Gasteiger partial charge in [0.15, 0.2) is 0 Å². The van der Waals surface area contributed by atoms with Crippen molar-refractivity contribution in [2.24, 2.45) is 0 Å². The minimum atomic E-state index is -3.70. The quantitative estimate of drug-likeness (QED) is 0.786. The van der Waals surface area contributed by atoms with E-state index in [1.165, 1.54) is 18.2 Å². The molecule has 3 N–H and O–H groups in total. The first-order chi connectivity index (χ1) is 8.96. The second-order valence-electron chi connectivity index (χ2n) is 4.51. The molecule has 0 unspecified atom stereocenters. The second kappa shape index (κ2) is 5.17. The maximum Gasteiger partial charge on any atom is 0.242 e. The van der Waals surface area contributed by atoms with Crippen molar-refractivity contribution in [3.8, 4) is 6.07 Å². The van der Waals surface area contributed by atoms with Gasteiger partial charge in [-0.2, -0.15) is 5.26 Å². The molecule has 0 spiro atoms. The smallest absolute Gasteiger partial charge is 0.242 e. The summed E-state index contributed by atoms with van der Waals surface area (Å²) in [4.78, 5) is -0.0370. The molecule has 0 amide bonds. The molecule has 1 fully saturated rings. The van der Waals surface area contributed by atoms with Gasteiger partial charge in [0, 0.05) is 18.8 Å². The molecule has 0 aliphatic heterocycles. The number of nitriles is 1. The zero-order valence-corrected chi connectivity index (χ0v) is 11.3. The predicted molar refractivity (Wildman–Crippen MR) is 69.7 cm³/mol. The maximum atomic E-state index is 12.2. The molecule has 6 nitrogen and oxygen atoms in total. The third-order valence-electron chi connectivity index (χ3n) is 3.16. The fourth-order valence-corrected chi connectivity index (χ4v) is 3.41. The number of hydrogen-bond acceptors (Lipinski definition) is 5. The van der Waals surface area contributed by atoms with Crippen LogP contribution in [0.4, 0.5) is 5.69 Å². The van der Waals surface area contributed by atoms with E-state index in [-0.39, 0.29) is 22.6 Å². The largest absolute Gasteiger partial charge is 0.399 e. The Morgan fingerprint density at radius 2 is 2.16 bits per heavy atom. The third-order valence-corrected chi connectivity index (χ3v) is 4.74. The number of nitrogens with two attached hydrogens (primary N) is 1. The normalized spacial score (nSPS) is 22.5. The molecule has 1 aliphatic carbocycles. The summed E-state index contributed by atoms with van der Waals surface area (Å²) in [6.45, 7) is 0. The van der Waals surface area contributed by atoms with E-state index in [9.17, 15) is 8.42 Å². The van der Waals surface area contributed by atoms with Crippen molar-refractivity contribution >= 4 is 15.7 Å². The van der Waals surface area contributed by atoms with Crippen LogP contribution in [0, 0.1) is 11.3 Å². The van der Waals surface area contributed by atoms with Crippen molar-refractivity contribution in [2.75, 3.05) is 12.8 Å². The number of benzene rings is 1. The van der Waals surface area contributed by atoms with Gasteiger partial charge in [-0.1, -0.05) is 0 Å². The fraction of sp³-hybridized carbons (Fsp3) is 0.417. The Morgan fingerprint density at radius 1 is 1.47 bits per heavy atom. The highest BCUT2D eigenvalue weighted by molar-refractivity contribution is 7.89. The monoisotopic (exact) mass is 281 g/mol. The number of hydrogen-bond donors (Lipinski definition) is 2. The predicted octanol–water partition coefficient (Wildman–Crippen LogP) is 0.596. The molecule has 0 saturated heterocycles. The minimum Gasteiger partial charge on any atom is -0.399 e. The Bertz CT molecular complexity index is 616. The number of nitrogens with one attached hydrogen (secondary N) is 1. The lowest BCUT2D eigenvalue weighted by molar-refractivity contribution is 0.0236. The molecular weight excluding hydrogens is 266 g/mol. The third kappa shape index (κ3) is 2.87. The van der Waals surface area contributed by atoms with Gasteiger partial charge in [0.25, 0.3) is 0 Å². The van der Waals surface area contributed by atoms with Gasteiger partial charge < -0.3 is 10.5 Å². The van der Waals surface area contributed by atoms with Gasteiger partial charge in [0.1, 0.15) is 6.07 Å². The van der Waals surface area contributed by atoms with E-state index in [1.807, 2.05) is 6.07 Å². The molecule has 1 aromatic rings. The van der Waals surface area contributed by atoms with E-state index in [2.05, 4.69) is 4.72 Å². The van der Waals surface area contributed by atoms with Gasteiger partial charge in [-0.3, -0.25) is 0 Å². The standard InChI is InChI=1S/C12H15N3O3S/c1-18-11-5-10(6-11)15-19(16,17)12-3-2-9(14)4-8(12)7-13/h2-4,10-11,15H,5-6,14H2,1H3. The van der Waals surface area contributed by atoms with Crippen molar-refractivity contribution < 1.29 is 13.2 Å². The number of rotatable bonds is 4. The van der Waals surface area contributed by atoms with Gasteiger partial charge in [-0.25, -0.2) is 13.1 Å². The first-order valence-electron chi connectivity index (χ1n) is 5.81. The summed E-state index contributed by atoms with van der Waals surface area (Å²) in [7, 11) is -2.09. The highest BCUT2D eigenvalue weighted by Crippen LogP contribution is 2.25. The number of anilines is 1. The molecule has 0 radical (unpaired) electrons. The summed E-state index contributed by atoms with van der Waals surface area (Å²) in [6, 6.07) is 5.88. The number of nitrogen functional groups attached to an aromatic ring is 1. The van der Waals surface area contributed by atoms with Gasteiger partial charge >= 0.3 is 0 Å². The average molecular weight is 281 g/mol. The van der Waals surface area contributed by atoms with Crippen molar-refractivity contribution in [2.45, 2.75) is 29.9 Å². The van der Waals surface area contributed by atoms with Crippen molar-refractivity contribution in [3.63, 3.8) is 0 Å². The summed E-state index contributed by atoms with van der Waals surface area (Å²) in [5.41, 5.74) is 5.95. The summed E-state index contributed by atoms with van der Waals surface area (Å²) < 4.78 is 32.0. The maximum absolute atomic E-state index is 12.2. The topological polar surface area (TPSA) is 105 Å². The SMILES string of the molecule is COC1CC(NS(=O)(=O)c2ccc(N)cc2C#N)C1. The zero-order valence-electron chi connectivity index (χ0n) is 10.5. The number of methoxy groups -OCH3 is 1. The van der Waals surface area contributed by atoms with Crippen LogP contribution in [0.15, 0.2) is 23.1 Å². The Morgan fingerprint density at radius 3 is 2.74 bits per heavy atom.